The fourth-order valence-corrected chi connectivity index (χ4v) is 4.15. The standard InChI is InChI=1S/C27H32N4O2/c1-3-17-33-23-12-10-21(11-13-23)18-28-27(32)22-8-6-16-31(19-22)26-15-14-25(29-30-26)24-9-5-4-7-20(24)2/h4-5,7,9-15,22H,3,6,8,16-19H2,1-2H3,(H,28,32). The molecule has 4 rings (SSSR count). The van der Waals surface area contributed by atoms with Gasteiger partial charge in [-0.1, -0.05) is 43.3 Å². The highest BCUT2D eigenvalue weighted by molar-refractivity contribution is 5.79. The second kappa shape index (κ2) is 10.9. The topological polar surface area (TPSA) is 67.3 Å². The van der Waals surface area contributed by atoms with E-state index in [-0.39, 0.29) is 11.8 Å². The molecule has 1 atom stereocenters. The van der Waals surface area contributed by atoms with E-state index in [9.17, 15) is 4.79 Å². The summed E-state index contributed by atoms with van der Waals surface area (Å²) in [4.78, 5) is 15.0. The van der Waals surface area contributed by atoms with Crippen LogP contribution in [0.5, 0.6) is 5.75 Å². The molecular formula is C27H32N4O2. The van der Waals surface area contributed by atoms with Crippen LogP contribution < -0.4 is 15.0 Å². The van der Waals surface area contributed by atoms with Crippen LogP contribution in [-0.4, -0.2) is 35.8 Å². The second-order valence-electron chi connectivity index (χ2n) is 8.59. The molecule has 1 aliphatic rings. The summed E-state index contributed by atoms with van der Waals surface area (Å²) in [5.74, 6) is 1.73. The third kappa shape index (κ3) is 5.89. The van der Waals surface area contributed by atoms with E-state index < -0.39 is 0 Å². The maximum Gasteiger partial charge on any atom is 0.225 e. The summed E-state index contributed by atoms with van der Waals surface area (Å²) in [7, 11) is 0. The Morgan fingerprint density at radius 1 is 1.09 bits per heavy atom. The summed E-state index contributed by atoms with van der Waals surface area (Å²) in [6.45, 7) is 6.95. The van der Waals surface area contributed by atoms with Crippen molar-refractivity contribution in [2.24, 2.45) is 5.92 Å². The quantitative estimate of drug-likeness (QED) is 0.542. The van der Waals surface area contributed by atoms with E-state index in [1.807, 2.05) is 48.5 Å². The molecule has 1 fully saturated rings. The number of carbonyl (C=O) groups excluding carboxylic acids is 1. The zero-order valence-electron chi connectivity index (χ0n) is 19.5. The van der Waals surface area contributed by atoms with Gasteiger partial charge in [0.25, 0.3) is 0 Å². The van der Waals surface area contributed by atoms with Crippen LogP contribution in [0.15, 0.2) is 60.7 Å². The van der Waals surface area contributed by atoms with Crippen LogP contribution in [0, 0.1) is 12.8 Å². The Kier molecular flexibility index (Phi) is 7.55. The number of amides is 1. The van der Waals surface area contributed by atoms with Crippen LogP contribution >= 0.6 is 0 Å². The van der Waals surface area contributed by atoms with Gasteiger partial charge in [-0.3, -0.25) is 4.79 Å². The first-order valence-corrected chi connectivity index (χ1v) is 11.8. The highest BCUT2D eigenvalue weighted by Gasteiger charge is 2.26. The molecular weight excluding hydrogens is 412 g/mol. The molecule has 1 saturated heterocycles. The first-order chi connectivity index (χ1) is 16.1. The zero-order chi connectivity index (χ0) is 23.0. The summed E-state index contributed by atoms with van der Waals surface area (Å²) in [6, 6.07) is 20.1. The van der Waals surface area contributed by atoms with Gasteiger partial charge in [0, 0.05) is 25.2 Å². The predicted octanol–water partition coefficient (Wildman–Crippen LogP) is 4.77. The van der Waals surface area contributed by atoms with Crippen molar-refractivity contribution in [3.8, 4) is 17.0 Å². The van der Waals surface area contributed by atoms with E-state index in [1.165, 1.54) is 5.56 Å². The average Bonchev–Trinajstić information content (AvgIpc) is 2.87. The van der Waals surface area contributed by atoms with Crippen molar-refractivity contribution in [3.05, 3.63) is 71.8 Å². The van der Waals surface area contributed by atoms with Crippen LogP contribution in [0.4, 0.5) is 5.82 Å². The van der Waals surface area contributed by atoms with E-state index in [2.05, 4.69) is 46.4 Å². The molecule has 6 heteroatoms. The Balaban J connectivity index is 1.32. The molecule has 2 heterocycles. The molecule has 172 valence electrons. The first kappa shape index (κ1) is 22.8. The van der Waals surface area contributed by atoms with Gasteiger partial charge in [0.15, 0.2) is 5.82 Å². The lowest BCUT2D eigenvalue weighted by Gasteiger charge is -2.32. The number of ether oxygens (including phenoxy) is 1. The van der Waals surface area contributed by atoms with Gasteiger partial charge in [0.2, 0.25) is 5.91 Å². The molecule has 3 aromatic rings. The lowest BCUT2D eigenvalue weighted by Crippen LogP contribution is -2.43. The Morgan fingerprint density at radius 3 is 2.64 bits per heavy atom. The van der Waals surface area contributed by atoms with Crippen molar-refractivity contribution < 1.29 is 9.53 Å². The second-order valence-corrected chi connectivity index (χ2v) is 8.59. The van der Waals surface area contributed by atoms with Gasteiger partial charge < -0.3 is 15.0 Å². The third-order valence-electron chi connectivity index (χ3n) is 6.05. The molecule has 1 unspecified atom stereocenters. The van der Waals surface area contributed by atoms with Gasteiger partial charge in [0.05, 0.1) is 18.2 Å². The molecule has 1 aromatic heterocycles. The lowest BCUT2D eigenvalue weighted by atomic mass is 9.97. The van der Waals surface area contributed by atoms with E-state index in [0.717, 1.165) is 54.2 Å². The molecule has 0 saturated carbocycles. The maximum absolute atomic E-state index is 12.8. The van der Waals surface area contributed by atoms with Crippen LogP contribution in [0.25, 0.3) is 11.3 Å². The van der Waals surface area contributed by atoms with Gasteiger partial charge in [-0.15, -0.1) is 10.2 Å². The van der Waals surface area contributed by atoms with Crippen molar-refractivity contribution in [1.82, 2.24) is 15.5 Å². The summed E-state index contributed by atoms with van der Waals surface area (Å²) in [6.07, 6.45) is 2.84. The van der Waals surface area contributed by atoms with E-state index in [1.54, 1.807) is 0 Å². The van der Waals surface area contributed by atoms with E-state index in [0.29, 0.717) is 19.7 Å². The average molecular weight is 445 g/mol. The minimum Gasteiger partial charge on any atom is -0.494 e. The van der Waals surface area contributed by atoms with E-state index >= 15 is 0 Å². The molecule has 0 aliphatic carbocycles. The summed E-state index contributed by atoms with van der Waals surface area (Å²) in [5, 5.41) is 12.0. The fraction of sp³-hybridized carbons (Fsp3) is 0.370. The molecule has 1 N–H and O–H groups in total. The number of benzene rings is 2. The van der Waals surface area contributed by atoms with Gasteiger partial charge in [-0.05, 0) is 61.6 Å². The number of nitrogens with one attached hydrogen (secondary N) is 1. The third-order valence-corrected chi connectivity index (χ3v) is 6.05. The number of anilines is 1. The molecule has 0 radical (unpaired) electrons. The molecule has 0 bridgehead atoms. The van der Waals surface area contributed by atoms with Gasteiger partial charge in [-0.25, -0.2) is 0 Å². The number of rotatable bonds is 8. The fourth-order valence-electron chi connectivity index (χ4n) is 4.15. The lowest BCUT2D eigenvalue weighted by molar-refractivity contribution is -0.125. The van der Waals surface area contributed by atoms with Crippen LogP contribution in [0.2, 0.25) is 0 Å². The first-order valence-electron chi connectivity index (χ1n) is 11.8. The Labute approximate surface area is 196 Å². The van der Waals surface area contributed by atoms with Gasteiger partial charge >= 0.3 is 0 Å². The maximum atomic E-state index is 12.8. The monoisotopic (exact) mass is 444 g/mol. The van der Waals surface area contributed by atoms with Crippen LogP contribution in [0.1, 0.15) is 37.3 Å². The summed E-state index contributed by atoms with van der Waals surface area (Å²) < 4.78 is 5.62. The summed E-state index contributed by atoms with van der Waals surface area (Å²) >= 11 is 0. The SMILES string of the molecule is CCCOc1ccc(CNC(=O)C2CCCN(c3ccc(-c4ccccc4C)nn3)C2)cc1. The normalized spacial score (nSPS) is 15.8. The van der Waals surface area contributed by atoms with Gasteiger partial charge in [-0.2, -0.15) is 0 Å². The van der Waals surface area contributed by atoms with Crippen molar-refractivity contribution >= 4 is 11.7 Å². The molecule has 33 heavy (non-hydrogen) atoms. The number of hydrogen-bond donors (Lipinski definition) is 1. The van der Waals surface area contributed by atoms with Crippen molar-refractivity contribution in [3.63, 3.8) is 0 Å². The van der Waals surface area contributed by atoms with Crippen molar-refractivity contribution in [2.45, 2.75) is 39.7 Å². The number of aryl methyl sites for hydroxylation is 1. The highest BCUT2D eigenvalue weighted by atomic mass is 16.5. The number of carbonyl (C=O) groups is 1. The Hall–Kier alpha value is -3.41. The highest BCUT2D eigenvalue weighted by Crippen LogP contribution is 2.25. The Bertz CT molecular complexity index is 1050. The molecule has 0 spiro atoms. The molecule has 1 amide bonds. The largest absolute Gasteiger partial charge is 0.494 e. The van der Waals surface area contributed by atoms with Gasteiger partial charge in [0.1, 0.15) is 5.75 Å². The van der Waals surface area contributed by atoms with Crippen molar-refractivity contribution in [1.29, 1.82) is 0 Å². The number of hydrogen-bond acceptors (Lipinski definition) is 5. The molecule has 1 aliphatic heterocycles. The zero-order valence-corrected chi connectivity index (χ0v) is 19.5. The number of piperidine rings is 1. The minimum atomic E-state index is -0.0521. The predicted molar refractivity (Wildman–Crippen MR) is 131 cm³/mol. The van der Waals surface area contributed by atoms with Crippen LogP contribution in [-0.2, 0) is 11.3 Å². The van der Waals surface area contributed by atoms with Crippen molar-refractivity contribution in [2.75, 3.05) is 24.6 Å². The minimum absolute atomic E-state index is 0.0521. The summed E-state index contributed by atoms with van der Waals surface area (Å²) in [5.41, 5.74) is 4.21. The molecule has 2 aromatic carbocycles. The molecule has 6 nitrogen and oxygen atoms in total. The van der Waals surface area contributed by atoms with Crippen LogP contribution in [0.3, 0.4) is 0 Å². The number of nitrogens with zero attached hydrogens (tertiary/aromatic N) is 3. The Morgan fingerprint density at radius 2 is 1.91 bits per heavy atom. The number of aromatic nitrogens is 2. The smallest absolute Gasteiger partial charge is 0.225 e. The van der Waals surface area contributed by atoms with E-state index in [4.69, 9.17) is 4.74 Å².